The molecule has 0 unspecified atom stereocenters. The van der Waals surface area contributed by atoms with E-state index in [9.17, 15) is 9.59 Å². The fourth-order valence-corrected chi connectivity index (χ4v) is 4.21. The molecule has 162 valence electrons. The second-order valence-electron chi connectivity index (χ2n) is 7.35. The quantitative estimate of drug-likeness (QED) is 0.515. The first-order valence-corrected chi connectivity index (χ1v) is 11.9. The van der Waals surface area contributed by atoms with Crippen LogP contribution in [0, 0.1) is 6.92 Å². The Bertz CT molecular complexity index is 826. The van der Waals surface area contributed by atoms with Crippen molar-refractivity contribution in [2.45, 2.75) is 52.0 Å². The zero-order valence-electron chi connectivity index (χ0n) is 18.0. The second-order valence-corrected chi connectivity index (χ2v) is 8.77. The summed E-state index contributed by atoms with van der Waals surface area (Å²) in [6.07, 6.45) is 1.44. The van der Waals surface area contributed by atoms with E-state index in [1.165, 1.54) is 0 Å². The molecular weight excluding hydrogens is 416 g/mol. The van der Waals surface area contributed by atoms with Crippen molar-refractivity contribution in [3.8, 4) is 0 Å². The minimum Gasteiger partial charge on any atom is -0.354 e. The Labute approximate surface area is 189 Å². The van der Waals surface area contributed by atoms with Gasteiger partial charge in [-0.3, -0.25) is 9.59 Å². The van der Waals surface area contributed by atoms with Crippen LogP contribution in [0.1, 0.15) is 43.4 Å². The normalized spacial score (nSPS) is 11.7. The molecule has 0 fully saturated rings. The average Bonchev–Trinajstić information content (AvgIpc) is 2.73. The number of thioether (sulfide) groups is 1. The van der Waals surface area contributed by atoms with Crippen LogP contribution in [0.4, 0.5) is 0 Å². The fraction of sp³-hybridized carbons (Fsp3) is 0.417. The van der Waals surface area contributed by atoms with Gasteiger partial charge in [-0.15, -0.1) is 11.8 Å². The van der Waals surface area contributed by atoms with Gasteiger partial charge < -0.3 is 10.2 Å². The van der Waals surface area contributed by atoms with Crippen molar-refractivity contribution in [3.05, 3.63) is 70.2 Å². The largest absolute Gasteiger partial charge is 0.354 e. The van der Waals surface area contributed by atoms with E-state index < -0.39 is 6.04 Å². The van der Waals surface area contributed by atoms with E-state index >= 15 is 0 Å². The Kier molecular flexibility index (Phi) is 10.2. The summed E-state index contributed by atoms with van der Waals surface area (Å²) < 4.78 is 0. The third-order valence-electron chi connectivity index (χ3n) is 4.78. The summed E-state index contributed by atoms with van der Waals surface area (Å²) >= 11 is 7.49. The molecule has 2 rings (SSSR count). The van der Waals surface area contributed by atoms with Gasteiger partial charge in [0.15, 0.2) is 0 Å². The zero-order chi connectivity index (χ0) is 21.9. The van der Waals surface area contributed by atoms with Gasteiger partial charge in [0.1, 0.15) is 6.04 Å². The molecule has 4 nitrogen and oxygen atoms in total. The Morgan fingerprint density at radius 2 is 1.83 bits per heavy atom. The molecule has 2 aromatic carbocycles. The highest BCUT2D eigenvalue weighted by Gasteiger charge is 2.28. The van der Waals surface area contributed by atoms with Crippen LogP contribution in [-0.4, -0.2) is 35.1 Å². The third-order valence-corrected chi connectivity index (χ3v) is 6.02. The lowest BCUT2D eigenvalue weighted by atomic mass is 10.1. The van der Waals surface area contributed by atoms with Gasteiger partial charge in [0, 0.05) is 23.9 Å². The number of rotatable bonds is 11. The summed E-state index contributed by atoms with van der Waals surface area (Å²) in [5, 5.41) is 3.65. The van der Waals surface area contributed by atoms with Crippen LogP contribution < -0.4 is 5.32 Å². The van der Waals surface area contributed by atoms with Crippen molar-refractivity contribution in [3.63, 3.8) is 0 Å². The predicted molar refractivity (Wildman–Crippen MR) is 127 cm³/mol. The van der Waals surface area contributed by atoms with E-state index in [0.717, 1.165) is 28.9 Å². The van der Waals surface area contributed by atoms with E-state index in [2.05, 4.69) is 11.4 Å². The van der Waals surface area contributed by atoms with Crippen LogP contribution in [0.25, 0.3) is 0 Å². The first-order chi connectivity index (χ1) is 14.4. The molecule has 0 bridgehead atoms. The Morgan fingerprint density at radius 1 is 1.10 bits per heavy atom. The maximum atomic E-state index is 13.2. The highest BCUT2D eigenvalue weighted by atomic mass is 35.5. The van der Waals surface area contributed by atoms with Crippen LogP contribution in [0.2, 0.25) is 5.02 Å². The SMILES string of the molecule is CCCNC(=O)[C@@H](CC)N(Cc1cccc(C)c1)C(=O)CSCc1ccc(Cl)cc1. The molecule has 0 aromatic heterocycles. The number of aryl methyl sites for hydroxylation is 1. The molecule has 0 aliphatic rings. The highest BCUT2D eigenvalue weighted by Crippen LogP contribution is 2.19. The summed E-state index contributed by atoms with van der Waals surface area (Å²) in [5.41, 5.74) is 3.29. The van der Waals surface area contributed by atoms with Gasteiger partial charge in [-0.2, -0.15) is 0 Å². The molecule has 1 atom stereocenters. The number of hydrogen-bond donors (Lipinski definition) is 1. The van der Waals surface area contributed by atoms with E-state index in [1.807, 2.05) is 63.2 Å². The molecule has 0 radical (unpaired) electrons. The molecule has 0 heterocycles. The first kappa shape index (κ1) is 24.3. The maximum Gasteiger partial charge on any atom is 0.242 e. The number of halogens is 1. The molecule has 30 heavy (non-hydrogen) atoms. The van der Waals surface area contributed by atoms with Crippen molar-refractivity contribution in [2.75, 3.05) is 12.3 Å². The van der Waals surface area contributed by atoms with Crippen LogP contribution >= 0.6 is 23.4 Å². The molecule has 2 aromatic rings. The first-order valence-electron chi connectivity index (χ1n) is 10.4. The molecular formula is C24H31ClN2O2S. The molecule has 0 spiro atoms. The van der Waals surface area contributed by atoms with Gasteiger partial charge in [0.2, 0.25) is 11.8 Å². The fourth-order valence-electron chi connectivity index (χ4n) is 3.21. The van der Waals surface area contributed by atoms with Gasteiger partial charge in [-0.25, -0.2) is 0 Å². The van der Waals surface area contributed by atoms with Crippen molar-refractivity contribution < 1.29 is 9.59 Å². The van der Waals surface area contributed by atoms with Crippen LogP contribution in [0.15, 0.2) is 48.5 Å². The molecule has 0 aliphatic heterocycles. The van der Waals surface area contributed by atoms with Crippen LogP contribution in [-0.2, 0) is 21.9 Å². The van der Waals surface area contributed by atoms with Crippen molar-refractivity contribution in [1.29, 1.82) is 0 Å². The van der Waals surface area contributed by atoms with Gasteiger partial charge in [-0.05, 0) is 43.0 Å². The van der Waals surface area contributed by atoms with Gasteiger partial charge in [0.25, 0.3) is 0 Å². The molecule has 6 heteroatoms. The Hall–Kier alpha value is -1.98. The number of nitrogens with one attached hydrogen (secondary N) is 1. The lowest BCUT2D eigenvalue weighted by molar-refractivity contribution is -0.139. The van der Waals surface area contributed by atoms with Crippen LogP contribution in [0.3, 0.4) is 0 Å². The molecule has 0 saturated carbocycles. The molecule has 0 aliphatic carbocycles. The van der Waals surface area contributed by atoms with Crippen molar-refractivity contribution in [2.24, 2.45) is 0 Å². The Morgan fingerprint density at radius 3 is 2.47 bits per heavy atom. The van der Waals surface area contributed by atoms with Gasteiger partial charge in [0.05, 0.1) is 5.75 Å². The standard InChI is InChI=1S/C24H31ClN2O2S/c1-4-13-26-24(29)22(5-2)27(15-20-8-6-7-18(3)14-20)23(28)17-30-16-19-9-11-21(25)12-10-19/h6-12,14,22H,4-5,13,15-17H2,1-3H3,(H,26,29)/t22-/m1/s1. The van der Waals surface area contributed by atoms with Gasteiger partial charge >= 0.3 is 0 Å². The molecule has 0 saturated heterocycles. The number of carbonyl (C=O) groups is 2. The number of carbonyl (C=O) groups excluding carboxylic acids is 2. The number of benzene rings is 2. The predicted octanol–water partition coefficient (Wildman–Crippen LogP) is 5.22. The minimum atomic E-state index is -0.472. The van der Waals surface area contributed by atoms with Crippen molar-refractivity contribution in [1.82, 2.24) is 10.2 Å². The zero-order valence-corrected chi connectivity index (χ0v) is 19.6. The lowest BCUT2D eigenvalue weighted by Crippen LogP contribution is -2.49. The number of amides is 2. The van der Waals surface area contributed by atoms with Crippen LogP contribution in [0.5, 0.6) is 0 Å². The summed E-state index contributed by atoms with van der Waals surface area (Å²) in [6, 6.07) is 15.3. The summed E-state index contributed by atoms with van der Waals surface area (Å²) in [7, 11) is 0. The topological polar surface area (TPSA) is 49.4 Å². The van der Waals surface area contributed by atoms with E-state index in [0.29, 0.717) is 30.3 Å². The monoisotopic (exact) mass is 446 g/mol. The van der Waals surface area contributed by atoms with E-state index in [4.69, 9.17) is 11.6 Å². The van der Waals surface area contributed by atoms with E-state index in [1.54, 1.807) is 16.7 Å². The summed E-state index contributed by atoms with van der Waals surface area (Å²) in [4.78, 5) is 27.6. The molecule has 2 amide bonds. The smallest absolute Gasteiger partial charge is 0.242 e. The van der Waals surface area contributed by atoms with Gasteiger partial charge in [-0.1, -0.05) is 67.4 Å². The Balaban J connectivity index is 2.10. The highest BCUT2D eigenvalue weighted by molar-refractivity contribution is 7.99. The maximum absolute atomic E-state index is 13.2. The number of hydrogen-bond acceptors (Lipinski definition) is 3. The number of nitrogens with zero attached hydrogens (tertiary/aromatic N) is 1. The van der Waals surface area contributed by atoms with Crippen molar-refractivity contribution >= 4 is 35.2 Å². The van der Waals surface area contributed by atoms with E-state index in [-0.39, 0.29) is 11.8 Å². The third kappa shape index (κ3) is 7.69. The molecule has 1 N–H and O–H groups in total. The average molecular weight is 447 g/mol. The minimum absolute atomic E-state index is 0.0195. The lowest BCUT2D eigenvalue weighted by Gasteiger charge is -2.30. The second kappa shape index (κ2) is 12.7. The summed E-state index contributed by atoms with van der Waals surface area (Å²) in [5.74, 6) is 0.948. The summed E-state index contributed by atoms with van der Waals surface area (Å²) in [6.45, 7) is 7.05.